The van der Waals surface area contributed by atoms with Crippen LogP contribution in [0.1, 0.15) is 18.1 Å². The zero-order valence-electron chi connectivity index (χ0n) is 8.41. The van der Waals surface area contributed by atoms with Crippen molar-refractivity contribution in [1.82, 2.24) is 4.98 Å². The number of hydrogen-bond donors (Lipinski definition) is 1. The third kappa shape index (κ3) is 2.73. The summed E-state index contributed by atoms with van der Waals surface area (Å²) in [5, 5.41) is 0. The zero-order chi connectivity index (χ0) is 10.6. The maximum Gasteiger partial charge on any atom is 0.310 e. The Kier molecular flexibility index (Phi) is 3.45. The monoisotopic (exact) mass is 194 g/mol. The topological polar surface area (TPSA) is 65.2 Å². The summed E-state index contributed by atoms with van der Waals surface area (Å²) in [5.74, 6) is 0.260. The fourth-order valence-electron chi connectivity index (χ4n) is 1.12. The smallest absolute Gasteiger partial charge is 0.310 e. The Morgan fingerprint density at radius 1 is 1.64 bits per heavy atom. The normalized spacial score (nSPS) is 9.86. The molecule has 0 saturated heterocycles. The number of esters is 1. The van der Waals surface area contributed by atoms with Gasteiger partial charge in [0, 0.05) is 6.20 Å². The van der Waals surface area contributed by atoms with Crippen molar-refractivity contribution >= 4 is 11.8 Å². The average Bonchev–Trinajstić information content (AvgIpc) is 2.12. The molecule has 1 aromatic rings. The second-order valence-electron chi connectivity index (χ2n) is 3.03. The van der Waals surface area contributed by atoms with Crippen LogP contribution >= 0.6 is 0 Å². The third-order valence-electron chi connectivity index (χ3n) is 1.83. The molecule has 76 valence electrons. The quantitative estimate of drug-likeness (QED) is 0.731. The number of nitrogens with zero attached hydrogens (tertiary/aromatic N) is 1. The predicted molar refractivity (Wildman–Crippen MR) is 53.7 cm³/mol. The molecule has 0 spiro atoms. The summed E-state index contributed by atoms with van der Waals surface area (Å²) in [6.45, 7) is 4.04. The van der Waals surface area contributed by atoms with Crippen LogP contribution in [0.4, 0.5) is 5.82 Å². The molecule has 0 aliphatic rings. The lowest BCUT2D eigenvalue weighted by molar-refractivity contribution is -0.142. The summed E-state index contributed by atoms with van der Waals surface area (Å²) in [6, 6.07) is 1.85. The number of nitrogen functional groups attached to an aromatic ring is 1. The number of anilines is 1. The minimum atomic E-state index is -0.238. The summed E-state index contributed by atoms with van der Waals surface area (Å²) in [6.07, 6.45) is 1.85. The lowest BCUT2D eigenvalue weighted by Gasteiger charge is -2.03. The number of nitrogens with two attached hydrogens (primary N) is 1. The molecule has 0 bridgehead atoms. The highest BCUT2D eigenvalue weighted by atomic mass is 16.5. The summed E-state index contributed by atoms with van der Waals surface area (Å²) in [4.78, 5) is 15.1. The van der Waals surface area contributed by atoms with E-state index < -0.39 is 0 Å². The first kappa shape index (κ1) is 10.5. The standard InChI is InChI=1S/C10H14N2O2/c1-3-14-9(13)5-8-4-7(2)10(11)12-6-8/h4,6H,3,5H2,1-2H3,(H2,11,12). The second kappa shape index (κ2) is 4.60. The number of pyridine rings is 1. The van der Waals surface area contributed by atoms with Crippen molar-refractivity contribution in [2.45, 2.75) is 20.3 Å². The largest absolute Gasteiger partial charge is 0.466 e. The molecule has 14 heavy (non-hydrogen) atoms. The Labute approximate surface area is 83.1 Å². The summed E-state index contributed by atoms with van der Waals surface area (Å²) < 4.78 is 4.82. The van der Waals surface area contributed by atoms with Gasteiger partial charge in [0.1, 0.15) is 5.82 Å². The van der Waals surface area contributed by atoms with E-state index in [4.69, 9.17) is 10.5 Å². The molecule has 0 fully saturated rings. The van der Waals surface area contributed by atoms with Gasteiger partial charge in [-0.25, -0.2) is 4.98 Å². The van der Waals surface area contributed by atoms with E-state index in [0.717, 1.165) is 11.1 Å². The van der Waals surface area contributed by atoms with Gasteiger partial charge < -0.3 is 10.5 Å². The van der Waals surface area contributed by atoms with Gasteiger partial charge in [-0.2, -0.15) is 0 Å². The molecule has 0 aliphatic heterocycles. The molecule has 1 rings (SSSR count). The maximum atomic E-state index is 11.1. The van der Waals surface area contributed by atoms with E-state index in [-0.39, 0.29) is 12.4 Å². The van der Waals surface area contributed by atoms with Crippen molar-refractivity contribution < 1.29 is 9.53 Å². The number of hydrogen-bond acceptors (Lipinski definition) is 4. The molecular weight excluding hydrogens is 180 g/mol. The van der Waals surface area contributed by atoms with Gasteiger partial charge in [0.05, 0.1) is 13.0 Å². The van der Waals surface area contributed by atoms with Gasteiger partial charge in [-0.3, -0.25) is 4.79 Å². The van der Waals surface area contributed by atoms with Gasteiger partial charge >= 0.3 is 5.97 Å². The van der Waals surface area contributed by atoms with Gasteiger partial charge in [-0.1, -0.05) is 6.07 Å². The number of aryl methyl sites for hydroxylation is 1. The molecule has 0 unspecified atom stereocenters. The van der Waals surface area contributed by atoms with Crippen LogP contribution in [-0.2, 0) is 16.0 Å². The van der Waals surface area contributed by atoms with Crippen LogP contribution in [0, 0.1) is 6.92 Å². The molecule has 0 radical (unpaired) electrons. The second-order valence-corrected chi connectivity index (χ2v) is 3.03. The van der Waals surface area contributed by atoms with Crippen LogP contribution in [0.5, 0.6) is 0 Å². The molecule has 0 aromatic carbocycles. The van der Waals surface area contributed by atoms with Crippen molar-refractivity contribution in [1.29, 1.82) is 0 Å². The number of rotatable bonds is 3. The van der Waals surface area contributed by atoms with Crippen molar-refractivity contribution in [2.24, 2.45) is 0 Å². The molecule has 2 N–H and O–H groups in total. The SMILES string of the molecule is CCOC(=O)Cc1cnc(N)c(C)c1. The van der Waals surface area contributed by atoms with Crippen molar-refractivity contribution in [3.8, 4) is 0 Å². The molecule has 1 aromatic heterocycles. The highest BCUT2D eigenvalue weighted by Gasteiger charge is 2.05. The van der Waals surface area contributed by atoms with E-state index in [2.05, 4.69) is 4.98 Å². The van der Waals surface area contributed by atoms with Crippen molar-refractivity contribution in [2.75, 3.05) is 12.3 Å². The first-order valence-corrected chi connectivity index (χ1v) is 4.50. The van der Waals surface area contributed by atoms with Gasteiger partial charge in [0.25, 0.3) is 0 Å². The number of ether oxygens (including phenoxy) is 1. The molecule has 0 saturated carbocycles. The molecule has 4 heteroatoms. The van der Waals surface area contributed by atoms with E-state index in [0.29, 0.717) is 12.4 Å². The zero-order valence-corrected chi connectivity index (χ0v) is 8.41. The molecule has 0 atom stereocenters. The van der Waals surface area contributed by atoms with Crippen LogP contribution < -0.4 is 5.73 Å². The first-order chi connectivity index (χ1) is 6.63. The Morgan fingerprint density at radius 3 is 2.93 bits per heavy atom. The lowest BCUT2D eigenvalue weighted by atomic mass is 10.1. The highest BCUT2D eigenvalue weighted by Crippen LogP contribution is 2.09. The van der Waals surface area contributed by atoms with Crippen molar-refractivity contribution in [3.63, 3.8) is 0 Å². The van der Waals surface area contributed by atoms with Gasteiger partial charge in [0.15, 0.2) is 0 Å². The molecule has 1 heterocycles. The van der Waals surface area contributed by atoms with Gasteiger partial charge in [0.2, 0.25) is 0 Å². The average molecular weight is 194 g/mol. The fourth-order valence-corrected chi connectivity index (χ4v) is 1.12. The Bertz CT molecular complexity index is 337. The number of aromatic nitrogens is 1. The van der Waals surface area contributed by atoms with E-state index in [1.54, 1.807) is 13.1 Å². The Balaban J connectivity index is 2.68. The Morgan fingerprint density at radius 2 is 2.36 bits per heavy atom. The van der Waals surface area contributed by atoms with E-state index in [1.807, 2.05) is 13.0 Å². The van der Waals surface area contributed by atoms with Gasteiger partial charge in [-0.05, 0) is 25.0 Å². The first-order valence-electron chi connectivity index (χ1n) is 4.50. The van der Waals surface area contributed by atoms with E-state index in [1.165, 1.54) is 0 Å². The van der Waals surface area contributed by atoms with Crippen LogP contribution in [-0.4, -0.2) is 17.6 Å². The van der Waals surface area contributed by atoms with Gasteiger partial charge in [-0.15, -0.1) is 0 Å². The fraction of sp³-hybridized carbons (Fsp3) is 0.400. The highest BCUT2D eigenvalue weighted by molar-refractivity contribution is 5.72. The molecular formula is C10H14N2O2. The predicted octanol–water partition coefficient (Wildman–Crippen LogP) is 1.08. The Hall–Kier alpha value is -1.58. The summed E-state index contributed by atoms with van der Waals surface area (Å²) in [5.41, 5.74) is 7.26. The summed E-state index contributed by atoms with van der Waals surface area (Å²) in [7, 11) is 0. The molecule has 0 aliphatic carbocycles. The van der Waals surface area contributed by atoms with Crippen LogP contribution in [0.25, 0.3) is 0 Å². The minimum Gasteiger partial charge on any atom is -0.466 e. The summed E-state index contributed by atoms with van der Waals surface area (Å²) >= 11 is 0. The maximum absolute atomic E-state index is 11.1. The van der Waals surface area contributed by atoms with Crippen LogP contribution in [0.15, 0.2) is 12.3 Å². The van der Waals surface area contributed by atoms with Crippen molar-refractivity contribution in [3.05, 3.63) is 23.4 Å². The molecule has 4 nitrogen and oxygen atoms in total. The number of carbonyl (C=O) groups excluding carboxylic acids is 1. The van der Waals surface area contributed by atoms with Crippen LogP contribution in [0.2, 0.25) is 0 Å². The number of carbonyl (C=O) groups is 1. The van der Waals surface area contributed by atoms with E-state index >= 15 is 0 Å². The molecule has 0 amide bonds. The minimum absolute atomic E-state index is 0.238. The van der Waals surface area contributed by atoms with E-state index in [9.17, 15) is 4.79 Å². The third-order valence-corrected chi connectivity index (χ3v) is 1.83. The lowest BCUT2D eigenvalue weighted by Crippen LogP contribution is -2.08. The van der Waals surface area contributed by atoms with Crippen LogP contribution in [0.3, 0.4) is 0 Å².